The average Bonchev–Trinajstić information content (AvgIpc) is 3.66. The van der Waals surface area contributed by atoms with E-state index < -0.39 is 23.7 Å². The molecule has 0 spiro atoms. The van der Waals surface area contributed by atoms with Gasteiger partial charge in [-0.05, 0) is 73.6 Å². The zero-order valence-electron chi connectivity index (χ0n) is 27.7. The number of benzene rings is 3. The van der Waals surface area contributed by atoms with E-state index in [9.17, 15) is 24.0 Å². The Kier molecular flexibility index (Phi) is 11.0. The fourth-order valence-corrected chi connectivity index (χ4v) is 7.20. The first-order valence-corrected chi connectivity index (χ1v) is 16.9. The molecule has 2 aliphatic rings. The first-order valence-electron chi connectivity index (χ1n) is 16.6. The first kappa shape index (κ1) is 34.8. The van der Waals surface area contributed by atoms with Gasteiger partial charge in [0.15, 0.2) is 5.78 Å². The maximum absolute atomic E-state index is 14.2. The maximum Gasteiger partial charge on any atom is 0.252 e. The van der Waals surface area contributed by atoms with Crippen LogP contribution < -0.4 is 15.5 Å². The van der Waals surface area contributed by atoms with Crippen LogP contribution in [0.25, 0.3) is 0 Å². The molecule has 0 radical (unpaired) electrons. The van der Waals surface area contributed by atoms with E-state index in [2.05, 4.69) is 10.6 Å². The van der Waals surface area contributed by atoms with Gasteiger partial charge in [0.2, 0.25) is 17.7 Å². The molecular weight excluding hydrogens is 628 g/mol. The Labute approximate surface area is 287 Å². The van der Waals surface area contributed by atoms with Crippen molar-refractivity contribution < 1.29 is 24.0 Å². The molecule has 3 aromatic carbocycles. The molecule has 9 nitrogen and oxygen atoms in total. The normalized spacial score (nSPS) is 19.2. The number of rotatable bonds is 12. The summed E-state index contributed by atoms with van der Waals surface area (Å²) >= 11 is 6.10. The summed E-state index contributed by atoms with van der Waals surface area (Å²) in [4.78, 5) is 68.5. The molecule has 0 aromatic heterocycles. The highest BCUT2D eigenvalue weighted by atomic mass is 35.5. The second kappa shape index (κ2) is 15.2. The third-order valence-electron chi connectivity index (χ3n) is 9.64. The highest BCUT2D eigenvalue weighted by molar-refractivity contribution is 6.30. The molecule has 3 unspecified atom stereocenters. The molecule has 3 aromatic rings. The molecule has 2 fully saturated rings. The Morgan fingerprint density at radius 2 is 1.50 bits per heavy atom. The number of anilines is 1. The molecule has 48 heavy (non-hydrogen) atoms. The van der Waals surface area contributed by atoms with Crippen LogP contribution >= 0.6 is 11.6 Å². The molecule has 1 aliphatic heterocycles. The van der Waals surface area contributed by atoms with Crippen molar-refractivity contribution in [1.82, 2.24) is 15.5 Å². The lowest BCUT2D eigenvalue weighted by molar-refractivity contribution is -0.134. The number of hydrogen-bond acceptors (Lipinski definition) is 5. The number of nitrogens with zero attached hydrogens (tertiary/aromatic N) is 2. The van der Waals surface area contributed by atoms with Crippen LogP contribution in [0, 0.1) is 5.41 Å². The van der Waals surface area contributed by atoms with Crippen molar-refractivity contribution in [2.75, 3.05) is 11.4 Å². The fourth-order valence-electron chi connectivity index (χ4n) is 7.08. The molecule has 1 saturated heterocycles. The molecular formula is C38H43ClN4O5. The first-order chi connectivity index (χ1) is 23.0. The quantitative estimate of drug-likeness (QED) is 0.262. The van der Waals surface area contributed by atoms with E-state index in [4.69, 9.17) is 11.6 Å². The summed E-state index contributed by atoms with van der Waals surface area (Å²) < 4.78 is 0. The fraction of sp³-hybridized carbons (Fsp3) is 0.395. The second-order valence-electron chi connectivity index (χ2n) is 13.0. The van der Waals surface area contributed by atoms with E-state index in [1.165, 1.54) is 20.8 Å². The lowest BCUT2D eigenvalue weighted by Crippen LogP contribution is -2.49. The van der Waals surface area contributed by atoms with Gasteiger partial charge in [-0.15, -0.1) is 0 Å². The number of hydrogen-bond donors (Lipinski definition) is 2. The molecule has 5 rings (SSSR count). The Balaban J connectivity index is 1.38. The predicted molar refractivity (Wildman–Crippen MR) is 185 cm³/mol. The number of amides is 4. The minimum absolute atomic E-state index is 0.134. The summed E-state index contributed by atoms with van der Waals surface area (Å²) in [5.41, 5.74) is 2.53. The van der Waals surface area contributed by atoms with Crippen molar-refractivity contribution >= 4 is 46.7 Å². The van der Waals surface area contributed by atoms with Crippen LogP contribution in [0.5, 0.6) is 0 Å². The van der Waals surface area contributed by atoms with Gasteiger partial charge < -0.3 is 15.5 Å². The minimum Gasteiger partial charge on any atom is -0.356 e. The third-order valence-corrected chi connectivity index (χ3v) is 9.89. The van der Waals surface area contributed by atoms with Crippen LogP contribution in [-0.4, -0.2) is 52.9 Å². The minimum atomic E-state index is -0.723. The lowest BCUT2D eigenvalue weighted by Gasteiger charge is -2.31. The molecule has 1 aliphatic carbocycles. The van der Waals surface area contributed by atoms with E-state index in [-0.39, 0.29) is 35.8 Å². The number of carbonyl (C=O) groups excluding carboxylic acids is 5. The molecule has 3 atom stereocenters. The van der Waals surface area contributed by atoms with Crippen molar-refractivity contribution in [2.45, 2.75) is 84.0 Å². The van der Waals surface area contributed by atoms with Gasteiger partial charge >= 0.3 is 0 Å². The molecule has 1 saturated carbocycles. The summed E-state index contributed by atoms with van der Waals surface area (Å²) in [6, 6.07) is 22.7. The van der Waals surface area contributed by atoms with Crippen molar-refractivity contribution in [3.63, 3.8) is 0 Å². The molecule has 2 N–H and O–H groups in total. The van der Waals surface area contributed by atoms with Gasteiger partial charge in [-0.3, -0.25) is 28.9 Å². The molecule has 10 heteroatoms. The number of ketones is 1. The highest BCUT2D eigenvalue weighted by Crippen LogP contribution is 2.42. The van der Waals surface area contributed by atoms with Gasteiger partial charge in [-0.1, -0.05) is 79.0 Å². The summed E-state index contributed by atoms with van der Waals surface area (Å²) in [7, 11) is 0. The van der Waals surface area contributed by atoms with Crippen LogP contribution in [-0.2, 0) is 36.8 Å². The number of carbonyl (C=O) groups is 5. The molecule has 4 amide bonds. The summed E-state index contributed by atoms with van der Waals surface area (Å²) in [5, 5.41) is 6.41. The summed E-state index contributed by atoms with van der Waals surface area (Å²) in [5.74, 6) is -0.843. The standard InChI is InChI=1S/C38H43ClN4O5/c1-25(44)33(41-37(48)38(19-7-8-20-38)21-22-40-26(2)45)23-28-13-17-32(18-14-28)43-35(30-9-5-4-6-10-30)42(27(3)46)34(36(43)47)24-29-11-15-31(39)16-12-29/h4-6,9-18,33-35H,7-8,19-24H2,1-3H3,(H,40,45)(H,41,48). The van der Waals surface area contributed by atoms with Crippen molar-refractivity contribution in [3.8, 4) is 0 Å². The lowest BCUT2D eigenvalue weighted by atomic mass is 9.81. The number of halogens is 1. The van der Waals surface area contributed by atoms with Crippen LogP contribution in [0.1, 0.15) is 75.7 Å². The SMILES string of the molecule is CC(=O)NCCC1(C(=O)NC(Cc2ccc(N3C(=O)C(Cc4ccc(Cl)cc4)N(C(C)=O)C3c3ccccc3)cc2)C(C)=O)CCCC1. The van der Waals surface area contributed by atoms with Gasteiger partial charge in [-0.25, -0.2) is 0 Å². The second-order valence-corrected chi connectivity index (χ2v) is 13.4. The van der Waals surface area contributed by atoms with Gasteiger partial charge in [0.25, 0.3) is 5.91 Å². The zero-order chi connectivity index (χ0) is 34.4. The Morgan fingerprint density at radius 3 is 2.08 bits per heavy atom. The van der Waals surface area contributed by atoms with E-state index in [1.807, 2.05) is 66.7 Å². The summed E-state index contributed by atoms with van der Waals surface area (Å²) in [6.07, 6.45) is 3.81. The van der Waals surface area contributed by atoms with Crippen molar-refractivity contribution in [2.24, 2.45) is 5.41 Å². The van der Waals surface area contributed by atoms with E-state index in [1.54, 1.807) is 21.9 Å². The van der Waals surface area contributed by atoms with Crippen molar-refractivity contribution in [3.05, 3.63) is 101 Å². The monoisotopic (exact) mass is 670 g/mol. The molecule has 0 bridgehead atoms. The van der Waals surface area contributed by atoms with Crippen LogP contribution in [0.3, 0.4) is 0 Å². The number of nitrogens with one attached hydrogen (secondary N) is 2. The van der Waals surface area contributed by atoms with E-state index >= 15 is 0 Å². The maximum atomic E-state index is 14.2. The van der Waals surface area contributed by atoms with Gasteiger partial charge in [0.05, 0.1) is 11.5 Å². The Morgan fingerprint density at radius 1 is 0.875 bits per heavy atom. The molecule has 1 heterocycles. The largest absolute Gasteiger partial charge is 0.356 e. The molecule has 252 valence electrons. The highest BCUT2D eigenvalue weighted by Gasteiger charge is 2.48. The van der Waals surface area contributed by atoms with E-state index in [0.717, 1.165) is 42.4 Å². The average molecular weight is 671 g/mol. The third kappa shape index (κ3) is 7.79. The van der Waals surface area contributed by atoms with Crippen molar-refractivity contribution in [1.29, 1.82) is 0 Å². The topological polar surface area (TPSA) is 116 Å². The van der Waals surface area contributed by atoms with Crippen LogP contribution in [0.2, 0.25) is 5.02 Å². The van der Waals surface area contributed by atoms with Gasteiger partial charge in [-0.2, -0.15) is 0 Å². The smallest absolute Gasteiger partial charge is 0.252 e. The van der Waals surface area contributed by atoms with Gasteiger partial charge in [0.1, 0.15) is 12.2 Å². The zero-order valence-corrected chi connectivity index (χ0v) is 28.5. The van der Waals surface area contributed by atoms with E-state index in [0.29, 0.717) is 30.1 Å². The Hall–Kier alpha value is -4.50. The van der Waals surface area contributed by atoms with Crippen LogP contribution in [0.4, 0.5) is 5.69 Å². The number of Topliss-reactive ketones (excluding diaryl/α,β-unsaturated/α-hetero) is 1. The summed E-state index contributed by atoms with van der Waals surface area (Å²) in [6.45, 7) is 4.83. The van der Waals surface area contributed by atoms with Gasteiger partial charge in [0, 0.05) is 37.5 Å². The van der Waals surface area contributed by atoms with Crippen LogP contribution in [0.15, 0.2) is 78.9 Å². The Bertz CT molecular complexity index is 1640. The predicted octanol–water partition coefficient (Wildman–Crippen LogP) is 5.55.